The van der Waals surface area contributed by atoms with E-state index in [1.807, 2.05) is 79.9 Å². The molecule has 178 valence electrons. The second-order valence-electron chi connectivity index (χ2n) is 8.78. The molecule has 0 spiro atoms. The van der Waals surface area contributed by atoms with Crippen LogP contribution in [0.15, 0.2) is 78.2 Å². The zero-order valence-electron chi connectivity index (χ0n) is 19.6. The van der Waals surface area contributed by atoms with E-state index in [4.69, 9.17) is 5.10 Å². The molecule has 0 radical (unpaired) electrons. The second-order valence-corrected chi connectivity index (χ2v) is 9.73. The van der Waals surface area contributed by atoms with Gasteiger partial charge < -0.3 is 10.6 Å². The smallest absolute Gasteiger partial charge is 0.229 e. The van der Waals surface area contributed by atoms with E-state index >= 15 is 0 Å². The van der Waals surface area contributed by atoms with Crippen LogP contribution in [0, 0.1) is 5.92 Å². The first-order valence-electron chi connectivity index (χ1n) is 11.6. The Morgan fingerprint density at radius 1 is 1.03 bits per heavy atom. The molecule has 3 heterocycles. The van der Waals surface area contributed by atoms with E-state index in [1.54, 1.807) is 16.0 Å². The number of rotatable bonds is 6. The molecule has 8 heteroatoms. The Hall–Kier alpha value is -3.75. The Morgan fingerprint density at radius 2 is 1.77 bits per heavy atom. The standard InChI is InChI=1S/C27H27N5O2S/c1-17-18(2)28-27(30-26(17)34)32-24(16-22(31-32)23-9-6-14-35-23)29-25(33)15-19-10-12-21(13-11-19)20-7-4-3-5-8-20/h3-14,16-18,27-28H,15H2,1-2H3,(H,29,33)(H,30,34). The largest absolute Gasteiger partial charge is 0.322 e. The molecule has 3 N–H and O–H groups in total. The summed E-state index contributed by atoms with van der Waals surface area (Å²) >= 11 is 1.57. The SMILES string of the molecule is CC1NC(n2nc(-c3cccs3)cc2NC(=O)Cc2ccc(-c3ccccc3)cc2)NC(=O)C1C. The van der Waals surface area contributed by atoms with Gasteiger partial charge in [-0.1, -0.05) is 67.6 Å². The van der Waals surface area contributed by atoms with Gasteiger partial charge >= 0.3 is 0 Å². The third kappa shape index (κ3) is 5.03. The Morgan fingerprint density at radius 3 is 2.46 bits per heavy atom. The van der Waals surface area contributed by atoms with Gasteiger partial charge in [-0.2, -0.15) is 5.10 Å². The lowest BCUT2D eigenvalue weighted by molar-refractivity contribution is -0.130. The van der Waals surface area contributed by atoms with Crippen molar-refractivity contribution in [1.29, 1.82) is 0 Å². The van der Waals surface area contributed by atoms with Crippen molar-refractivity contribution >= 4 is 29.0 Å². The maximum atomic E-state index is 13.0. The van der Waals surface area contributed by atoms with Crippen LogP contribution in [0.4, 0.5) is 5.82 Å². The Bertz CT molecular complexity index is 1320. The zero-order valence-corrected chi connectivity index (χ0v) is 20.4. The van der Waals surface area contributed by atoms with Crippen molar-refractivity contribution in [2.24, 2.45) is 5.92 Å². The van der Waals surface area contributed by atoms with E-state index in [9.17, 15) is 9.59 Å². The molecule has 4 aromatic rings. The molecular weight excluding hydrogens is 458 g/mol. The molecular formula is C27H27N5O2S. The molecule has 2 aromatic heterocycles. The highest BCUT2D eigenvalue weighted by Gasteiger charge is 2.32. The molecule has 3 atom stereocenters. The number of carbonyl (C=O) groups excluding carboxylic acids is 2. The van der Waals surface area contributed by atoms with Gasteiger partial charge in [0.05, 0.1) is 17.2 Å². The minimum absolute atomic E-state index is 0.0326. The molecule has 1 saturated heterocycles. The summed E-state index contributed by atoms with van der Waals surface area (Å²) in [4.78, 5) is 26.4. The molecule has 0 bridgehead atoms. The highest BCUT2D eigenvalue weighted by Crippen LogP contribution is 2.28. The van der Waals surface area contributed by atoms with Crippen molar-refractivity contribution in [2.45, 2.75) is 32.6 Å². The van der Waals surface area contributed by atoms with Crippen LogP contribution < -0.4 is 16.0 Å². The number of hydrogen-bond acceptors (Lipinski definition) is 5. The third-order valence-electron chi connectivity index (χ3n) is 6.31. The van der Waals surface area contributed by atoms with Crippen molar-refractivity contribution in [3.05, 3.63) is 83.7 Å². The fourth-order valence-corrected chi connectivity index (χ4v) is 4.79. The van der Waals surface area contributed by atoms with Crippen molar-refractivity contribution in [3.63, 3.8) is 0 Å². The van der Waals surface area contributed by atoms with Crippen LogP contribution in [-0.4, -0.2) is 27.6 Å². The number of benzene rings is 2. The normalized spacial score (nSPS) is 19.8. The molecule has 2 amide bonds. The van der Waals surface area contributed by atoms with Crippen LogP contribution in [0.25, 0.3) is 21.7 Å². The lowest BCUT2D eigenvalue weighted by Crippen LogP contribution is -2.57. The molecule has 1 aliphatic rings. The fourth-order valence-electron chi connectivity index (χ4n) is 4.11. The molecule has 3 unspecified atom stereocenters. The van der Waals surface area contributed by atoms with Gasteiger partial charge in [-0.05, 0) is 35.1 Å². The maximum Gasteiger partial charge on any atom is 0.229 e. The van der Waals surface area contributed by atoms with Gasteiger partial charge in [-0.15, -0.1) is 11.3 Å². The van der Waals surface area contributed by atoms with Crippen molar-refractivity contribution < 1.29 is 9.59 Å². The highest BCUT2D eigenvalue weighted by atomic mass is 32.1. The van der Waals surface area contributed by atoms with Crippen molar-refractivity contribution in [3.8, 4) is 21.7 Å². The molecule has 7 nitrogen and oxygen atoms in total. The Balaban J connectivity index is 1.35. The number of thiophene rings is 1. The van der Waals surface area contributed by atoms with Gasteiger partial charge in [0.2, 0.25) is 11.8 Å². The predicted molar refractivity (Wildman–Crippen MR) is 139 cm³/mol. The van der Waals surface area contributed by atoms with E-state index in [-0.39, 0.29) is 30.2 Å². The van der Waals surface area contributed by atoms with E-state index in [0.29, 0.717) is 5.82 Å². The van der Waals surface area contributed by atoms with Crippen LogP contribution >= 0.6 is 11.3 Å². The van der Waals surface area contributed by atoms with Crippen LogP contribution in [0.2, 0.25) is 0 Å². The molecule has 0 saturated carbocycles. The molecule has 2 aromatic carbocycles. The Labute approximate surface area is 208 Å². The molecule has 5 rings (SSSR count). The van der Waals surface area contributed by atoms with Crippen LogP contribution in [0.3, 0.4) is 0 Å². The average molecular weight is 486 g/mol. The Kier molecular flexibility index (Phi) is 6.48. The molecule has 1 aliphatic heterocycles. The van der Waals surface area contributed by atoms with Crippen LogP contribution in [0.5, 0.6) is 0 Å². The van der Waals surface area contributed by atoms with Gasteiger partial charge in [0.15, 0.2) is 6.29 Å². The van der Waals surface area contributed by atoms with E-state index < -0.39 is 6.29 Å². The fraction of sp³-hybridized carbons (Fsp3) is 0.222. The van der Waals surface area contributed by atoms with Gasteiger partial charge in [0, 0.05) is 12.1 Å². The zero-order chi connectivity index (χ0) is 24.4. The number of nitrogens with one attached hydrogen (secondary N) is 3. The molecule has 1 fully saturated rings. The summed E-state index contributed by atoms with van der Waals surface area (Å²) in [7, 11) is 0. The summed E-state index contributed by atoms with van der Waals surface area (Å²) in [5.41, 5.74) is 3.90. The summed E-state index contributed by atoms with van der Waals surface area (Å²) in [6.45, 7) is 3.85. The second kappa shape index (κ2) is 9.85. The minimum atomic E-state index is -0.553. The quantitative estimate of drug-likeness (QED) is 0.371. The number of aromatic nitrogens is 2. The average Bonchev–Trinajstić information content (AvgIpc) is 3.54. The number of amides is 2. The first-order valence-corrected chi connectivity index (χ1v) is 12.5. The highest BCUT2D eigenvalue weighted by molar-refractivity contribution is 7.13. The van der Waals surface area contributed by atoms with Crippen molar-refractivity contribution in [2.75, 3.05) is 5.32 Å². The van der Waals surface area contributed by atoms with Gasteiger partial charge in [-0.25, -0.2) is 4.68 Å². The number of anilines is 1. The summed E-state index contributed by atoms with van der Waals surface area (Å²) in [6, 6.07) is 23.9. The van der Waals surface area contributed by atoms with Crippen molar-refractivity contribution in [1.82, 2.24) is 20.4 Å². The number of nitrogens with zero attached hydrogens (tertiary/aromatic N) is 2. The van der Waals surface area contributed by atoms with E-state index in [1.165, 1.54) is 0 Å². The first kappa shape index (κ1) is 23.0. The van der Waals surface area contributed by atoms with Gasteiger partial charge in [0.25, 0.3) is 0 Å². The number of hydrogen-bond donors (Lipinski definition) is 3. The van der Waals surface area contributed by atoms with Gasteiger partial charge in [0.1, 0.15) is 11.5 Å². The van der Waals surface area contributed by atoms with Crippen LogP contribution in [0.1, 0.15) is 25.7 Å². The third-order valence-corrected chi connectivity index (χ3v) is 7.20. The lowest BCUT2D eigenvalue weighted by atomic mass is 10.0. The maximum absolute atomic E-state index is 13.0. The monoisotopic (exact) mass is 485 g/mol. The van der Waals surface area contributed by atoms with Crippen LogP contribution in [-0.2, 0) is 16.0 Å². The first-order chi connectivity index (χ1) is 17.0. The summed E-state index contributed by atoms with van der Waals surface area (Å²) in [5, 5.41) is 16.0. The molecule has 0 aliphatic carbocycles. The minimum Gasteiger partial charge on any atom is -0.322 e. The number of carbonyl (C=O) groups is 2. The summed E-state index contributed by atoms with van der Waals surface area (Å²) < 4.78 is 1.64. The van der Waals surface area contributed by atoms with E-state index in [2.05, 4.69) is 28.1 Å². The summed E-state index contributed by atoms with van der Waals surface area (Å²) in [6.07, 6.45) is -0.324. The predicted octanol–water partition coefficient (Wildman–Crippen LogP) is 4.66. The molecule has 35 heavy (non-hydrogen) atoms. The summed E-state index contributed by atoms with van der Waals surface area (Å²) in [5.74, 6) is 0.166. The van der Waals surface area contributed by atoms with Gasteiger partial charge in [-0.3, -0.25) is 14.9 Å². The lowest BCUT2D eigenvalue weighted by Gasteiger charge is -2.34. The topological polar surface area (TPSA) is 88.1 Å². The van der Waals surface area contributed by atoms with E-state index in [0.717, 1.165) is 27.3 Å².